The Kier molecular flexibility index (Phi) is 5.25. The molecule has 2 fully saturated rings. The highest BCUT2D eigenvalue weighted by Crippen LogP contribution is 2.33. The lowest BCUT2D eigenvalue weighted by molar-refractivity contribution is 0.274. The zero-order chi connectivity index (χ0) is 14.8. The molecule has 3 rings (SSSR count). The molecule has 1 saturated heterocycles. The fraction of sp³-hybridized carbons (Fsp3) is 0.812. The number of hydrogen-bond donors (Lipinski definition) is 1. The van der Waals surface area contributed by atoms with Crippen LogP contribution in [0.4, 0.5) is 0 Å². The number of thioether (sulfide) groups is 1. The molecule has 3 nitrogen and oxygen atoms in total. The Morgan fingerprint density at radius 1 is 1.38 bits per heavy atom. The van der Waals surface area contributed by atoms with Gasteiger partial charge in [-0.1, -0.05) is 13.8 Å². The molecule has 1 saturated carbocycles. The van der Waals surface area contributed by atoms with Gasteiger partial charge in [0.2, 0.25) is 0 Å². The summed E-state index contributed by atoms with van der Waals surface area (Å²) < 4.78 is 0. The Bertz CT molecular complexity index is 468. The van der Waals surface area contributed by atoms with Crippen LogP contribution in [-0.2, 0) is 13.0 Å². The van der Waals surface area contributed by atoms with Gasteiger partial charge in [0.25, 0.3) is 0 Å². The van der Waals surface area contributed by atoms with Gasteiger partial charge in [-0.3, -0.25) is 4.90 Å². The Balaban J connectivity index is 1.75. The predicted octanol–water partition coefficient (Wildman–Crippen LogP) is 3.31. The van der Waals surface area contributed by atoms with Crippen LogP contribution in [0.5, 0.6) is 0 Å². The Morgan fingerprint density at radius 3 is 2.86 bits per heavy atom. The molecule has 0 amide bonds. The molecule has 1 atom stereocenters. The molecule has 0 spiro atoms. The molecule has 0 radical (unpaired) electrons. The molecule has 1 unspecified atom stereocenters. The minimum Gasteiger partial charge on any atom is -0.309 e. The number of nitrogens with zero attached hydrogens (tertiary/aromatic N) is 2. The van der Waals surface area contributed by atoms with Crippen LogP contribution in [0.2, 0.25) is 0 Å². The molecule has 1 aromatic heterocycles. The fourth-order valence-electron chi connectivity index (χ4n) is 2.70. The molecule has 118 valence electrons. The van der Waals surface area contributed by atoms with Crippen molar-refractivity contribution in [3.05, 3.63) is 15.6 Å². The third-order valence-corrected chi connectivity index (χ3v) is 6.43. The van der Waals surface area contributed by atoms with Crippen molar-refractivity contribution in [3.8, 4) is 0 Å². The van der Waals surface area contributed by atoms with E-state index in [9.17, 15) is 0 Å². The van der Waals surface area contributed by atoms with Crippen LogP contribution in [0.15, 0.2) is 0 Å². The average Bonchev–Trinajstić information content (AvgIpc) is 3.19. The van der Waals surface area contributed by atoms with Crippen molar-refractivity contribution in [1.82, 2.24) is 15.2 Å². The summed E-state index contributed by atoms with van der Waals surface area (Å²) in [4.78, 5) is 9.01. The molecule has 5 heteroatoms. The minimum atomic E-state index is 0.523. The van der Waals surface area contributed by atoms with Crippen molar-refractivity contribution in [2.24, 2.45) is 5.92 Å². The van der Waals surface area contributed by atoms with Crippen molar-refractivity contribution >= 4 is 23.1 Å². The number of nitrogens with one attached hydrogen (secondary N) is 1. The molecule has 0 bridgehead atoms. The smallest absolute Gasteiger partial charge is 0.111 e. The van der Waals surface area contributed by atoms with E-state index in [1.807, 2.05) is 11.3 Å². The molecule has 21 heavy (non-hydrogen) atoms. The highest BCUT2D eigenvalue weighted by Gasteiger charge is 2.27. The molecule has 1 aliphatic carbocycles. The van der Waals surface area contributed by atoms with E-state index in [4.69, 9.17) is 4.98 Å². The second-order valence-electron chi connectivity index (χ2n) is 6.75. The van der Waals surface area contributed by atoms with E-state index in [2.05, 4.69) is 42.9 Å². The normalized spacial score (nSPS) is 23.9. The van der Waals surface area contributed by atoms with Crippen LogP contribution in [0.1, 0.15) is 48.3 Å². The van der Waals surface area contributed by atoms with Gasteiger partial charge in [-0.25, -0.2) is 4.98 Å². The van der Waals surface area contributed by atoms with Crippen molar-refractivity contribution in [2.45, 2.75) is 51.7 Å². The lowest BCUT2D eigenvalue weighted by atomic mass is 10.1. The summed E-state index contributed by atoms with van der Waals surface area (Å²) in [5.41, 5.74) is 1.35. The first-order valence-corrected chi connectivity index (χ1v) is 10.1. The molecule has 2 heterocycles. The van der Waals surface area contributed by atoms with E-state index in [0.29, 0.717) is 12.0 Å². The Labute approximate surface area is 136 Å². The summed E-state index contributed by atoms with van der Waals surface area (Å²) in [7, 11) is 2.25. The maximum Gasteiger partial charge on any atom is 0.111 e. The second-order valence-corrected chi connectivity index (χ2v) is 9.01. The van der Waals surface area contributed by atoms with E-state index in [0.717, 1.165) is 19.0 Å². The lowest BCUT2D eigenvalue weighted by Crippen LogP contribution is -2.32. The molecule has 1 aliphatic heterocycles. The van der Waals surface area contributed by atoms with Gasteiger partial charge in [-0.2, -0.15) is 11.8 Å². The summed E-state index contributed by atoms with van der Waals surface area (Å²) in [6, 6.07) is 1.30. The largest absolute Gasteiger partial charge is 0.309 e. The van der Waals surface area contributed by atoms with Crippen LogP contribution in [-0.4, -0.2) is 41.0 Å². The number of aromatic nitrogens is 1. The van der Waals surface area contributed by atoms with Crippen LogP contribution in [0.25, 0.3) is 0 Å². The Hall–Kier alpha value is -0.100. The first-order chi connectivity index (χ1) is 10.1. The van der Waals surface area contributed by atoms with Gasteiger partial charge in [-0.05, 0) is 32.2 Å². The van der Waals surface area contributed by atoms with Crippen molar-refractivity contribution in [2.75, 3.05) is 25.1 Å². The topological polar surface area (TPSA) is 28.2 Å². The molecule has 1 aromatic rings. The van der Waals surface area contributed by atoms with Crippen LogP contribution in [0.3, 0.4) is 0 Å². The molecule has 2 aliphatic rings. The number of rotatable bonds is 6. The van der Waals surface area contributed by atoms with Gasteiger partial charge in [0.1, 0.15) is 5.01 Å². The van der Waals surface area contributed by atoms with E-state index >= 15 is 0 Å². The SMILES string of the molecule is CC(C)Cc1nc(C2CSCCN2C)sc1CNC1CC1. The third kappa shape index (κ3) is 4.21. The highest BCUT2D eigenvalue weighted by molar-refractivity contribution is 7.99. The van der Waals surface area contributed by atoms with Gasteiger partial charge in [0, 0.05) is 35.5 Å². The van der Waals surface area contributed by atoms with Crippen molar-refractivity contribution in [3.63, 3.8) is 0 Å². The maximum atomic E-state index is 5.05. The first kappa shape index (κ1) is 15.8. The van der Waals surface area contributed by atoms with E-state index in [1.165, 1.54) is 46.5 Å². The van der Waals surface area contributed by atoms with Crippen LogP contribution in [0, 0.1) is 5.92 Å². The zero-order valence-electron chi connectivity index (χ0n) is 13.4. The third-order valence-electron chi connectivity index (χ3n) is 4.21. The second kappa shape index (κ2) is 6.99. The minimum absolute atomic E-state index is 0.523. The molecular formula is C16H27N3S2. The first-order valence-electron chi connectivity index (χ1n) is 8.13. The summed E-state index contributed by atoms with van der Waals surface area (Å²) in [5, 5.41) is 5.01. The van der Waals surface area contributed by atoms with E-state index in [-0.39, 0.29) is 0 Å². The van der Waals surface area contributed by atoms with Crippen molar-refractivity contribution < 1.29 is 0 Å². The number of hydrogen-bond acceptors (Lipinski definition) is 5. The fourth-order valence-corrected chi connectivity index (χ4v) is 5.24. The zero-order valence-corrected chi connectivity index (χ0v) is 15.0. The maximum absolute atomic E-state index is 5.05. The molecular weight excluding hydrogens is 298 g/mol. The lowest BCUT2D eigenvalue weighted by Gasteiger charge is -2.30. The predicted molar refractivity (Wildman–Crippen MR) is 93.2 cm³/mol. The van der Waals surface area contributed by atoms with E-state index in [1.54, 1.807) is 0 Å². The van der Waals surface area contributed by atoms with Gasteiger partial charge >= 0.3 is 0 Å². The summed E-state index contributed by atoms with van der Waals surface area (Å²) in [6.45, 7) is 6.79. The van der Waals surface area contributed by atoms with Gasteiger partial charge in [0.05, 0.1) is 11.7 Å². The van der Waals surface area contributed by atoms with Gasteiger partial charge in [0.15, 0.2) is 0 Å². The van der Waals surface area contributed by atoms with Gasteiger partial charge < -0.3 is 5.32 Å². The summed E-state index contributed by atoms with van der Waals surface area (Å²) >= 11 is 4.02. The molecule has 1 N–H and O–H groups in total. The monoisotopic (exact) mass is 325 g/mol. The summed E-state index contributed by atoms with van der Waals surface area (Å²) in [6.07, 6.45) is 3.82. The average molecular weight is 326 g/mol. The quantitative estimate of drug-likeness (QED) is 0.868. The summed E-state index contributed by atoms with van der Waals surface area (Å²) in [5.74, 6) is 3.13. The number of thiazole rings is 1. The van der Waals surface area contributed by atoms with E-state index < -0.39 is 0 Å². The highest BCUT2D eigenvalue weighted by atomic mass is 32.2. The standard InChI is InChI=1S/C16H27N3S2/c1-11(2)8-13-15(9-17-12-4-5-12)21-16(18-13)14-10-20-7-6-19(14)3/h11-12,14,17H,4-10H2,1-3H3. The Morgan fingerprint density at radius 2 is 2.19 bits per heavy atom. The van der Waals surface area contributed by atoms with Gasteiger partial charge in [-0.15, -0.1) is 11.3 Å². The van der Waals surface area contributed by atoms with Crippen LogP contribution < -0.4 is 5.32 Å². The molecule has 0 aromatic carbocycles. The van der Waals surface area contributed by atoms with Crippen LogP contribution >= 0.6 is 23.1 Å². The van der Waals surface area contributed by atoms with Crippen molar-refractivity contribution in [1.29, 1.82) is 0 Å².